The Morgan fingerprint density at radius 3 is 2.35 bits per heavy atom. The van der Waals surface area contributed by atoms with Crippen molar-refractivity contribution in [3.63, 3.8) is 0 Å². The highest BCUT2D eigenvalue weighted by Gasteiger charge is 2.22. The number of rotatable bonds is 5. The second-order valence-corrected chi connectivity index (χ2v) is 5.43. The molecule has 20 heavy (non-hydrogen) atoms. The molecule has 0 aromatic heterocycles. The Hall–Kier alpha value is -2.10. The second kappa shape index (κ2) is 6.89. The van der Waals surface area contributed by atoms with Crippen molar-refractivity contribution < 1.29 is 14.3 Å². The van der Waals surface area contributed by atoms with Crippen molar-refractivity contribution in [2.75, 3.05) is 13.1 Å². The zero-order valence-electron chi connectivity index (χ0n) is 12.3. The van der Waals surface area contributed by atoms with Crippen molar-refractivity contribution in [3.05, 3.63) is 48.6 Å². The van der Waals surface area contributed by atoms with Gasteiger partial charge in [-0.15, -0.1) is 6.58 Å². The van der Waals surface area contributed by atoms with Crippen LogP contribution in [0.4, 0.5) is 0 Å². The van der Waals surface area contributed by atoms with E-state index in [1.54, 1.807) is 51.1 Å². The van der Waals surface area contributed by atoms with Crippen LogP contribution in [0.15, 0.2) is 43.0 Å². The van der Waals surface area contributed by atoms with Gasteiger partial charge in [0.25, 0.3) is 5.91 Å². The van der Waals surface area contributed by atoms with Crippen LogP contribution in [0.25, 0.3) is 0 Å². The van der Waals surface area contributed by atoms with Gasteiger partial charge in [0.2, 0.25) is 0 Å². The number of hydrogen-bond donors (Lipinski definition) is 0. The topological polar surface area (TPSA) is 46.6 Å². The molecule has 0 spiro atoms. The number of benzene rings is 1. The summed E-state index contributed by atoms with van der Waals surface area (Å²) in [5.74, 6) is -0.639. The molecule has 0 fully saturated rings. The smallest absolute Gasteiger partial charge is 0.326 e. The van der Waals surface area contributed by atoms with Crippen molar-refractivity contribution >= 4 is 11.9 Å². The molecule has 0 heterocycles. The van der Waals surface area contributed by atoms with E-state index in [2.05, 4.69) is 6.58 Å². The maximum atomic E-state index is 12.3. The largest absolute Gasteiger partial charge is 0.459 e. The number of carbonyl (C=O) groups is 2. The van der Waals surface area contributed by atoms with E-state index in [1.165, 1.54) is 4.90 Å². The lowest BCUT2D eigenvalue weighted by Gasteiger charge is -2.24. The molecule has 1 aromatic rings. The fourth-order valence-corrected chi connectivity index (χ4v) is 1.67. The van der Waals surface area contributed by atoms with E-state index in [4.69, 9.17) is 4.74 Å². The highest BCUT2D eigenvalue weighted by atomic mass is 16.6. The van der Waals surface area contributed by atoms with E-state index in [1.807, 2.05) is 6.07 Å². The molecule has 0 unspecified atom stereocenters. The monoisotopic (exact) mass is 275 g/mol. The van der Waals surface area contributed by atoms with E-state index < -0.39 is 11.6 Å². The van der Waals surface area contributed by atoms with Crippen LogP contribution in [0.3, 0.4) is 0 Å². The van der Waals surface area contributed by atoms with E-state index in [0.717, 1.165) is 0 Å². The molecule has 4 nitrogen and oxygen atoms in total. The van der Waals surface area contributed by atoms with E-state index in [0.29, 0.717) is 12.1 Å². The Kier molecular flexibility index (Phi) is 5.50. The lowest BCUT2D eigenvalue weighted by molar-refractivity contribution is -0.155. The van der Waals surface area contributed by atoms with Gasteiger partial charge >= 0.3 is 5.97 Å². The minimum absolute atomic E-state index is 0.0863. The van der Waals surface area contributed by atoms with Crippen molar-refractivity contribution in [3.8, 4) is 0 Å². The summed E-state index contributed by atoms with van der Waals surface area (Å²) in [6.45, 7) is 9.20. The molecule has 4 heteroatoms. The first-order chi connectivity index (χ1) is 9.33. The molecule has 0 N–H and O–H groups in total. The normalized spacial score (nSPS) is 10.8. The van der Waals surface area contributed by atoms with Gasteiger partial charge in [0.1, 0.15) is 12.1 Å². The highest BCUT2D eigenvalue weighted by Crippen LogP contribution is 2.09. The molecule has 0 radical (unpaired) electrons. The maximum absolute atomic E-state index is 12.3. The molecule has 0 saturated carbocycles. The molecular weight excluding hydrogens is 254 g/mol. The summed E-state index contributed by atoms with van der Waals surface area (Å²) in [5.41, 5.74) is -0.0230. The van der Waals surface area contributed by atoms with Crippen LogP contribution in [0.2, 0.25) is 0 Å². The van der Waals surface area contributed by atoms with E-state index in [-0.39, 0.29) is 12.5 Å². The number of esters is 1. The lowest BCUT2D eigenvalue weighted by atomic mass is 10.2. The zero-order valence-corrected chi connectivity index (χ0v) is 12.3. The molecule has 0 atom stereocenters. The van der Waals surface area contributed by atoms with Gasteiger partial charge in [-0.2, -0.15) is 0 Å². The summed E-state index contributed by atoms with van der Waals surface area (Å²) in [6.07, 6.45) is 1.59. The summed E-state index contributed by atoms with van der Waals surface area (Å²) in [7, 11) is 0. The van der Waals surface area contributed by atoms with E-state index >= 15 is 0 Å². The Morgan fingerprint density at radius 1 is 1.25 bits per heavy atom. The maximum Gasteiger partial charge on any atom is 0.326 e. The van der Waals surface area contributed by atoms with Crippen LogP contribution in [-0.2, 0) is 9.53 Å². The van der Waals surface area contributed by atoms with Gasteiger partial charge in [-0.1, -0.05) is 24.3 Å². The minimum Gasteiger partial charge on any atom is -0.459 e. The van der Waals surface area contributed by atoms with Gasteiger partial charge in [-0.25, -0.2) is 0 Å². The molecule has 0 aliphatic carbocycles. The van der Waals surface area contributed by atoms with Crippen LogP contribution in [-0.4, -0.2) is 35.5 Å². The Bertz CT molecular complexity index is 474. The molecule has 108 valence electrons. The Labute approximate surface area is 120 Å². The molecule has 0 saturated heterocycles. The number of hydrogen-bond acceptors (Lipinski definition) is 3. The van der Waals surface area contributed by atoms with Crippen LogP contribution >= 0.6 is 0 Å². The average Bonchev–Trinajstić information content (AvgIpc) is 2.36. The third kappa shape index (κ3) is 5.26. The van der Waals surface area contributed by atoms with Gasteiger partial charge in [0.15, 0.2) is 0 Å². The summed E-state index contributed by atoms with van der Waals surface area (Å²) in [6, 6.07) is 8.84. The Morgan fingerprint density at radius 2 is 1.85 bits per heavy atom. The molecule has 0 bridgehead atoms. The predicted octanol–water partition coefficient (Wildman–Crippen LogP) is 2.66. The van der Waals surface area contributed by atoms with Crippen LogP contribution in [0.5, 0.6) is 0 Å². The molecular formula is C16H21NO3. The third-order valence-electron chi connectivity index (χ3n) is 2.40. The summed E-state index contributed by atoms with van der Waals surface area (Å²) in [4.78, 5) is 25.5. The molecule has 1 aromatic carbocycles. The minimum atomic E-state index is -0.563. The summed E-state index contributed by atoms with van der Waals surface area (Å²) >= 11 is 0. The van der Waals surface area contributed by atoms with Gasteiger partial charge in [0.05, 0.1) is 0 Å². The van der Waals surface area contributed by atoms with Gasteiger partial charge < -0.3 is 9.64 Å². The molecule has 1 amide bonds. The van der Waals surface area contributed by atoms with Gasteiger partial charge in [0, 0.05) is 12.1 Å². The summed E-state index contributed by atoms with van der Waals surface area (Å²) < 4.78 is 5.23. The number of nitrogens with zero attached hydrogens (tertiary/aromatic N) is 1. The fraction of sp³-hybridized carbons (Fsp3) is 0.375. The number of carbonyl (C=O) groups excluding carboxylic acids is 2. The highest BCUT2D eigenvalue weighted by molar-refractivity contribution is 5.96. The fourth-order valence-electron chi connectivity index (χ4n) is 1.67. The quantitative estimate of drug-likeness (QED) is 0.613. The second-order valence-electron chi connectivity index (χ2n) is 5.43. The SMILES string of the molecule is C=CCN(CC(=O)OC(C)(C)C)C(=O)c1ccccc1. The Balaban J connectivity index is 2.77. The van der Waals surface area contributed by atoms with Crippen LogP contribution in [0.1, 0.15) is 31.1 Å². The molecule has 0 aliphatic rings. The third-order valence-corrected chi connectivity index (χ3v) is 2.40. The average molecular weight is 275 g/mol. The first kappa shape index (κ1) is 16.0. The van der Waals surface area contributed by atoms with Crippen molar-refractivity contribution in [2.24, 2.45) is 0 Å². The zero-order chi connectivity index (χ0) is 15.2. The molecule has 0 aliphatic heterocycles. The standard InChI is InChI=1S/C16H21NO3/c1-5-11-17(12-14(18)20-16(2,3)4)15(19)13-9-7-6-8-10-13/h5-10H,1,11-12H2,2-4H3. The van der Waals surface area contributed by atoms with Crippen molar-refractivity contribution in [2.45, 2.75) is 26.4 Å². The van der Waals surface area contributed by atoms with Crippen LogP contribution < -0.4 is 0 Å². The summed E-state index contributed by atoms with van der Waals surface area (Å²) in [5, 5.41) is 0. The first-order valence-corrected chi connectivity index (χ1v) is 6.50. The van der Waals surface area contributed by atoms with Crippen molar-refractivity contribution in [1.82, 2.24) is 4.90 Å². The molecule has 1 rings (SSSR count). The van der Waals surface area contributed by atoms with Crippen molar-refractivity contribution in [1.29, 1.82) is 0 Å². The van der Waals surface area contributed by atoms with Gasteiger partial charge in [-0.3, -0.25) is 9.59 Å². The first-order valence-electron chi connectivity index (χ1n) is 6.50. The predicted molar refractivity (Wildman–Crippen MR) is 78.4 cm³/mol. The number of amides is 1. The van der Waals surface area contributed by atoms with Gasteiger partial charge in [-0.05, 0) is 32.9 Å². The van der Waals surface area contributed by atoms with E-state index in [9.17, 15) is 9.59 Å². The van der Waals surface area contributed by atoms with Crippen LogP contribution in [0, 0.1) is 0 Å². The number of ether oxygens (including phenoxy) is 1. The lowest BCUT2D eigenvalue weighted by Crippen LogP contribution is -2.38.